The van der Waals surface area contributed by atoms with Gasteiger partial charge in [-0.05, 0) is 35.4 Å². The summed E-state index contributed by atoms with van der Waals surface area (Å²) in [4.78, 5) is 5.58. The summed E-state index contributed by atoms with van der Waals surface area (Å²) in [6.45, 7) is 0. The van der Waals surface area contributed by atoms with E-state index in [1.807, 2.05) is 24.3 Å². The van der Waals surface area contributed by atoms with Crippen LogP contribution in [0.3, 0.4) is 0 Å². The second-order valence-corrected chi connectivity index (χ2v) is 5.26. The van der Waals surface area contributed by atoms with Gasteiger partial charge in [-0.25, -0.2) is 0 Å². The van der Waals surface area contributed by atoms with Gasteiger partial charge in [0.1, 0.15) is 5.71 Å². The molecule has 3 aromatic rings. The summed E-state index contributed by atoms with van der Waals surface area (Å²) in [6.07, 6.45) is 0. The van der Waals surface area contributed by atoms with Crippen LogP contribution < -0.4 is 4.84 Å². The molecule has 0 bridgehead atoms. The largest absolute Gasteiger partial charge is 0.356 e. The van der Waals surface area contributed by atoms with Crippen molar-refractivity contribution in [3.63, 3.8) is 0 Å². The lowest BCUT2D eigenvalue weighted by Gasteiger charge is -2.03. The van der Waals surface area contributed by atoms with E-state index in [0.29, 0.717) is 11.3 Å². The van der Waals surface area contributed by atoms with Crippen molar-refractivity contribution in [2.45, 2.75) is 0 Å². The quantitative estimate of drug-likeness (QED) is 0.516. The monoisotopic (exact) mass is 296 g/mol. The molecule has 0 saturated carbocycles. The molecule has 23 heavy (non-hydrogen) atoms. The zero-order valence-corrected chi connectivity index (χ0v) is 12.2. The Labute approximate surface area is 134 Å². The first kappa shape index (κ1) is 13.3. The lowest BCUT2D eigenvalue weighted by Crippen LogP contribution is -2.00. The van der Waals surface area contributed by atoms with Crippen molar-refractivity contribution in [1.29, 1.82) is 5.26 Å². The van der Waals surface area contributed by atoms with E-state index in [9.17, 15) is 0 Å². The number of nitrogens with zero attached hydrogens (tertiary/aromatic N) is 2. The lowest BCUT2D eigenvalue weighted by atomic mass is 10.1. The first-order valence-electron chi connectivity index (χ1n) is 7.31. The van der Waals surface area contributed by atoms with E-state index < -0.39 is 0 Å². The van der Waals surface area contributed by atoms with Crippen molar-refractivity contribution in [3.05, 3.63) is 89.5 Å². The molecule has 3 nitrogen and oxygen atoms in total. The number of hydrogen-bond donors (Lipinski definition) is 0. The Balaban J connectivity index is 1.74. The summed E-state index contributed by atoms with van der Waals surface area (Å²) in [5.41, 5.74) is 5.92. The number of hydrogen-bond acceptors (Lipinski definition) is 3. The standard InChI is InChI=1S/C20H12N2O/c21-13-14-9-11-15(12-10-14)23-22-20-18-7-3-1-5-16(18)17-6-2-4-8-19(17)20/h1-12H. The SMILES string of the molecule is N#Cc1ccc(ON=C2c3ccccc3-c3ccccc32)cc1. The van der Waals surface area contributed by atoms with Gasteiger partial charge >= 0.3 is 0 Å². The molecule has 0 atom stereocenters. The minimum Gasteiger partial charge on any atom is -0.356 e. The highest BCUT2D eigenvalue weighted by Crippen LogP contribution is 2.36. The van der Waals surface area contributed by atoms with Crippen LogP contribution in [0.2, 0.25) is 0 Å². The molecular weight excluding hydrogens is 284 g/mol. The summed E-state index contributed by atoms with van der Waals surface area (Å²) < 4.78 is 0. The van der Waals surface area contributed by atoms with Crippen molar-refractivity contribution in [3.8, 4) is 22.9 Å². The predicted octanol–water partition coefficient (Wildman–Crippen LogP) is 4.37. The van der Waals surface area contributed by atoms with E-state index in [4.69, 9.17) is 10.1 Å². The Kier molecular flexibility index (Phi) is 3.14. The van der Waals surface area contributed by atoms with E-state index in [2.05, 4.69) is 35.5 Å². The molecule has 0 unspecified atom stereocenters. The summed E-state index contributed by atoms with van der Waals surface area (Å²) in [5.74, 6) is 0.610. The summed E-state index contributed by atoms with van der Waals surface area (Å²) in [7, 11) is 0. The Bertz CT molecular complexity index is 902. The van der Waals surface area contributed by atoms with E-state index in [-0.39, 0.29) is 0 Å². The molecule has 4 rings (SSSR count). The smallest absolute Gasteiger partial charge is 0.158 e. The second kappa shape index (κ2) is 5.43. The van der Waals surface area contributed by atoms with Gasteiger partial charge in [-0.15, -0.1) is 0 Å². The van der Waals surface area contributed by atoms with Crippen molar-refractivity contribution in [2.75, 3.05) is 0 Å². The molecule has 0 aliphatic heterocycles. The first-order chi connectivity index (χ1) is 11.4. The van der Waals surface area contributed by atoms with Gasteiger partial charge in [-0.3, -0.25) is 0 Å². The van der Waals surface area contributed by atoms with Gasteiger partial charge in [0, 0.05) is 11.1 Å². The maximum Gasteiger partial charge on any atom is 0.158 e. The van der Waals surface area contributed by atoms with Crippen molar-refractivity contribution >= 4 is 5.71 Å². The minimum atomic E-state index is 0.599. The normalized spacial score (nSPS) is 11.3. The summed E-state index contributed by atoms with van der Waals surface area (Å²) in [5, 5.41) is 13.2. The highest BCUT2D eigenvalue weighted by Gasteiger charge is 2.24. The molecule has 0 amide bonds. The van der Waals surface area contributed by atoms with Gasteiger partial charge in [-0.1, -0.05) is 53.7 Å². The fraction of sp³-hybridized carbons (Fsp3) is 0. The average Bonchev–Trinajstić information content (AvgIpc) is 2.94. The van der Waals surface area contributed by atoms with Crippen molar-refractivity contribution in [1.82, 2.24) is 0 Å². The molecule has 108 valence electrons. The lowest BCUT2D eigenvalue weighted by molar-refractivity contribution is 0.342. The minimum absolute atomic E-state index is 0.599. The third kappa shape index (κ3) is 2.27. The van der Waals surface area contributed by atoms with Crippen molar-refractivity contribution in [2.24, 2.45) is 5.16 Å². The van der Waals surface area contributed by atoms with Gasteiger partial charge in [0.15, 0.2) is 5.75 Å². The summed E-state index contributed by atoms with van der Waals surface area (Å²) >= 11 is 0. The Hall–Kier alpha value is -3.38. The molecule has 0 aromatic heterocycles. The second-order valence-electron chi connectivity index (χ2n) is 5.26. The van der Waals surface area contributed by atoms with Crippen LogP contribution in [0, 0.1) is 11.3 Å². The third-order valence-corrected chi connectivity index (χ3v) is 3.88. The molecule has 3 heteroatoms. The highest BCUT2D eigenvalue weighted by molar-refractivity contribution is 6.24. The van der Waals surface area contributed by atoms with Crippen LogP contribution in [-0.4, -0.2) is 5.71 Å². The molecule has 0 N–H and O–H groups in total. The predicted molar refractivity (Wildman–Crippen MR) is 89.3 cm³/mol. The number of nitriles is 1. The molecule has 1 aliphatic rings. The maximum atomic E-state index is 8.83. The van der Waals surface area contributed by atoms with Crippen molar-refractivity contribution < 1.29 is 4.84 Å². The first-order valence-corrected chi connectivity index (χ1v) is 7.31. The number of benzene rings is 3. The highest BCUT2D eigenvalue weighted by atomic mass is 16.6. The number of oxime groups is 1. The number of fused-ring (bicyclic) bond motifs is 3. The molecule has 0 heterocycles. The van der Waals surface area contributed by atoms with Gasteiger partial charge in [0.2, 0.25) is 0 Å². The van der Waals surface area contributed by atoms with Crippen LogP contribution >= 0.6 is 0 Å². The maximum absolute atomic E-state index is 8.83. The van der Waals surface area contributed by atoms with Crippen LogP contribution in [0.15, 0.2) is 78.0 Å². The fourth-order valence-corrected chi connectivity index (χ4v) is 2.78. The van der Waals surface area contributed by atoms with Gasteiger partial charge < -0.3 is 4.84 Å². The summed E-state index contributed by atoms with van der Waals surface area (Å²) in [6, 6.07) is 25.4. The Morgan fingerprint density at radius 2 is 1.22 bits per heavy atom. The van der Waals surface area contributed by atoms with Gasteiger partial charge in [-0.2, -0.15) is 5.26 Å². The molecule has 0 spiro atoms. The third-order valence-electron chi connectivity index (χ3n) is 3.88. The molecule has 0 radical (unpaired) electrons. The van der Waals surface area contributed by atoms with Crippen LogP contribution in [0.4, 0.5) is 0 Å². The van der Waals surface area contributed by atoms with Crippen LogP contribution in [-0.2, 0) is 0 Å². The van der Waals surface area contributed by atoms with Crippen LogP contribution in [0.5, 0.6) is 5.75 Å². The number of rotatable bonds is 2. The molecule has 0 fully saturated rings. The Morgan fingerprint density at radius 3 is 1.74 bits per heavy atom. The molecule has 0 saturated heterocycles. The van der Waals surface area contributed by atoms with E-state index in [1.165, 1.54) is 11.1 Å². The van der Waals surface area contributed by atoms with Crippen LogP contribution in [0.25, 0.3) is 11.1 Å². The van der Waals surface area contributed by atoms with Gasteiger partial charge in [0.05, 0.1) is 11.6 Å². The molecule has 1 aliphatic carbocycles. The van der Waals surface area contributed by atoms with Gasteiger partial charge in [0.25, 0.3) is 0 Å². The Morgan fingerprint density at radius 1 is 0.696 bits per heavy atom. The molecule has 3 aromatic carbocycles. The van der Waals surface area contributed by atoms with E-state index in [1.54, 1.807) is 24.3 Å². The average molecular weight is 296 g/mol. The fourth-order valence-electron chi connectivity index (χ4n) is 2.78. The topological polar surface area (TPSA) is 45.4 Å². The van der Waals surface area contributed by atoms with E-state index in [0.717, 1.165) is 16.8 Å². The zero-order chi connectivity index (χ0) is 15.6. The van der Waals surface area contributed by atoms with E-state index >= 15 is 0 Å². The zero-order valence-electron chi connectivity index (χ0n) is 12.2. The molecular formula is C20H12N2O. The van der Waals surface area contributed by atoms with Crippen LogP contribution in [0.1, 0.15) is 16.7 Å².